The monoisotopic (exact) mass is 526 g/mol. The second kappa shape index (κ2) is 12.1. The van der Waals surface area contributed by atoms with E-state index in [1.54, 1.807) is 65.1 Å². The first-order valence-corrected chi connectivity index (χ1v) is 13.1. The van der Waals surface area contributed by atoms with Gasteiger partial charge in [0.1, 0.15) is 16.5 Å². The molecule has 37 heavy (non-hydrogen) atoms. The molecule has 2 N–H and O–H groups in total. The highest BCUT2D eigenvalue weighted by atomic mass is 32.1. The molecule has 4 rings (SSSR count). The number of amides is 1. The molecule has 1 aliphatic rings. The minimum absolute atomic E-state index is 0.173. The van der Waals surface area contributed by atoms with Gasteiger partial charge in [0.25, 0.3) is 5.91 Å². The van der Waals surface area contributed by atoms with Gasteiger partial charge in [0.05, 0.1) is 46.8 Å². The predicted molar refractivity (Wildman–Crippen MR) is 147 cm³/mol. The molecule has 1 aliphatic carbocycles. The number of benzene rings is 2. The van der Waals surface area contributed by atoms with Crippen molar-refractivity contribution in [3.63, 3.8) is 0 Å². The molecule has 1 aromatic heterocycles. The maximum atomic E-state index is 13.8. The average molecular weight is 527 g/mol. The lowest BCUT2D eigenvalue weighted by atomic mass is 10.0. The normalized spacial score (nSPS) is 12.7. The summed E-state index contributed by atoms with van der Waals surface area (Å²) < 4.78 is 27.4. The summed E-state index contributed by atoms with van der Waals surface area (Å²) >= 11 is 1.66. The van der Waals surface area contributed by atoms with Gasteiger partial charge in [0.15, 0.2) is 11.5 Å². The smallest absolute Gasteiger partial charge is 0.259 e. The van der Waals surface area contributed by atoms with Crippen LogP contribution < -0.4 is 34.3 Å². The first kappa shape index (κ1) is 26.5. The molecule has 0 aliphatic heterocycles. The Hall–Kier alpha value is -3.59. The Morgan fingerprint density at radius 2 is 1.57 bits per heavy atom. The maximum absolute atomic E-state index is 13.8. The first-order valence-electron chi connectivity index (χ1n) is 12.2. The molecule has 1 amide bonds. The lowest BCUT2D eigenvalue weighted by molar-refractivity contribution is 0.102. The van der Waals surface area contributed by atoms with E-state index in [4.69, 9.17) is 23.7 Å². The molecular formula is C28H34N2O6S. The molecule has 0 bridgehead atoms. The zero-order valence-corrected chi connectivity index (χ0v) is 22.8. The van der Waals surface area contributed by atoms with Crippen LogP contribution in [0.1, 0.15) is 45.6 Å². The van der Waals surface area contributed by atoms with Gasteiger partial charge in [0, 0.05) is 23.1 Å². The third-order valence-electron chi connectivity index (χ3n) is 6.53. The van der Waals surface area contributed by atoms with E-state index in [0.717, 1.165) is 48.2 Å². The Morgan fingerprint density at radius 1 is 0.838 bits per heavy atom. The van der Waals surface area contributed by atoms with Gasteiger partial charge in [-0.05, 0) is 55.5 Å². The van der Waals surface area contributed by atoms with Crippen LogP contribution in [0.25, 0.3) is 0 Å². The Kier molecular flexibility index (Phi) is 8.66. The topological polar surface area (TPSA) is 87.3 Å². The summed E-state index contributed by atoms with van der Waals surface area (Å²) in [4.78, 5) is 15.0. The second-order valence-electron chi connectivity index (χ2n) is 8.64. The van der Waals surface area contributed by atoms with Crippen molar-refractivity contribution >= 4 is 27.9 Å². The standard InChI is InChI=1S/C28H34N2O6S/c1-32-18-12-14-21(33-2)20(15-18)30-27(31)24-19-9-7-6-8-10-23(19)37-28(24)29-16-17-11-13-22(34-3)26(36-5)25(17)35-4/h11-15,29H,6-10,16H2,1-5H3,(H,30,31). The highest BCUT2D eigenvalue weighted by molar-refractivity contribution is 7.16. The largest absolute Gasteiger partial charge is 0.497 e. The Morgan fingerprint density at radius 3 is 2.27 bits per heavy atom. The molecule has 1 heterocycles. The molecule has 2 aromatic carbocycles. The van der Waals surface area contributed by atoms with Crippen molar-refractivity contribution in [3.05, 3.63) is 51.9 Å². The summed E-state index contributed by atoms with van der Waals surface area (Å²) in [6.07, 6.45) is 5.21. The van der Waals surface area contributed by atoms with Gasteiger partial charge >= 0.3 is 0 Å². The Balaban J connectivity index is 1.68. The summed E-state index contributed by atoms with van der Waals surface area (Å²) in [5, 5.41) is 7.42. The van der Waals surface area contributed by atoms with E-state index in [2.05, 4.69) is 10.6 Å². The number of ether oxygens (including phenoxy) is 5. The molecule has 0 unspecified atom stereocenters. The van der Waals surface area contributed by atoms with Gasteiger partial charge in [-0.1, -0.05) is 6.42 Å². The van der Waals surface area contributed by atoms with Crippen LogP contribution >= 0.6 is 11.3 Å². The molecule has 0 saturated carbocycles. The third-order valence-corrected chi connectivity index (χ3v) is 7.78. The van der Waals surface area contributed by atoms with Gasteiger partial charge in [0.2, 0.25) is 5.75 Å². The molecule has 198 valence electrons. The molecule has 0 fully saturated rings. The van der Waals surface area contributed by atoms with Crippen molar-refractivity contribution in [3.8, 4) is 28.7 Å². The minimum Gasteiger partial charge on any atom is -0.497 e. The van der Waals surface area contributed by atoms with Crippen molar-refractivity contribution in [2.45, 2.75) is 38.6 Å². The van der Waals surface area contributed by atoms with E-state index in [9.17, 15) is 4.79 Å². The zero-order valence-electron chi connectivity index (χ0n) is 22.0. The summed E-state index contributed by atoms with van der Waals surface area (Å²) in [7, 11) is 7.96. The summed E-state index contributed by atoms with van der Waals surface area (Å²) in [5.41, 5.74) is 3.27. The summed E-state index contributed by atoms with van der Waals surface area (Å²) in [6, 6.07) is 9.14. The number of carbonyl (C=O) groups excluding carboxylic acids is 1. The Bertz CT molecular complexity index is 1260. The van der Waals surface area contributed by atoms with Crippen molar-refractivity contribution < 1.29 is 28.5 Å². The molecule has 0 saturated heterocycles. The number of rotatable bonds is 10. The molecule has 0 radical (unpaired) electrons. The van der Waals surface area contributed by atoms with Crippen LogP contribution in [-0.2, 0) is 19.4 Å². The number of nitrogens with one attached hydrogen (secondary N) is 2. The van der Waals surface area contributed by atoms with Crippen molar-refractivity contribution in [1.29, 1.82) is 0 Å². The first-order chi connectivity index (χ1) is 18.0. The van der Waals surface area contributed by atoms with E-state index >= 15 is 0 Å². The van der Waals surface area contributed by atoms with Gasteiger partial charge < -0.3 is 34.3 Å². The molecule has 0 spiro atoms. The molecule has 0 atom stereocenters. The molecule has 9 heteroatoms. The number of carbonyl (C=O) groups is 1. The number of fused-ring (bicyclic) bond motifs is 1. The maximum Gasteiger partial charge on any atom is 0.259 e. The van der Waals surface area contributed by atoms with Crippen molar-refractivity contribution in [1.82, 2.24) is 0 Å². The molecular weight excluding hydrogens is 492 g/mol. The fraction of sp³-hybridized carbons (Fsp3) is 0.393. The zero-order chi connectivity index (χ0) is 26.4. The highest BCUT2D eigenvalue weighted by Crippen LogP contribution is 2.42. The fourth-order valence-corrected chi connectivity index (χ4v) is 5.96. The van der Waals surface area contributed by atoms with Gasteiger partial charge in [-0.25, -0.2) is 0 Å². The fourth-order valence-electron chi connectivity index (χ4n) is 4.68. The second-order valence-corrected chi connectivity index (χ2v) is 9.74. The van der Waals surface area contributed by atoms with Gasteiger partial charge in [-0.2, -0.15) is 0 Å². The molecule has 3 aromatic rings. The van der Waals surface area contributed by atoms with E-state index in [1.807, 2.05) is 12.1 Å². The highest BCUT2D eigenvalue weighted by Gasteiger charge is 2.26. The van der Waals surface area contributed by atoms with Crippen LogP contribution in [0.15, 0.2) is 30.3 Å². The lowest BCUT2D eigenvalue weighted by Gasteiger charge is -2.17. The van der Waals surface area contributed by atoms with Crippen LogP contribution in [0.3, 0.4) is 0 Å². The number of aryl methyl sites for hydroxylation is 1. The minimum atomic E-state index is -0.173. The third kappa shape index (κ3) is 5.56. The predicted octanol–water partition coefficient (Wildman–Crippen LogP) is 5.92. The average Bonchev–Trinajstić information content (AvgIpc) is 3.11. The van der Waals surface area contributed by atoms with Gasteiger partial charge in [-0.15, -0.1) is 11.3 Å². The van der Waals surface area contributed by atoms with Crippen molar-refractivity contribution in [2.24, 2.45) is 0 Å². The number of thiophene rings is 1. The number of anilines is 2. The van der Waals surface area contributed by atoms with E-state index in [1.165, 1.54) is 4.88 Å². The molecule has 8 nitrogen and oxygen atoms in total. The van der Waals surface area contributed by atoms with E-state index in [-0.39, 0.29) is 5.91 Å². The van der Waals surface area contributed by atoms with Gasteiger partial charge in [-0.3, -0.25) is 4.79 Å². The van der Waals surface area contributed by atoms with Crippen LogP contribution in [0.5, 0.6) is 28.7 Å². The number of hydrogen-bond acceptors (Lipinski definition) is 8. The summed E-state index contributed by atoms with van der Waals surface area (Å²) in [6.45, 7) is 0.450. The number of methoxy groups -OCH3 is 5. The summed E-state index contributed by atoms with van der Waals surface area (Å²) in [5.74, 6) is 2.76. The van der Waals surface area contributed by atoms with Crippen LogP contribution in [-0.4, -0.2) is 41.5 Å². The van der Waals surface area contributed by atoms with Crippen LogP contribution in [0, 0.1) is 0 Å². The van der Waals surface area contributed by atoms with Crippen LogP contribution in [0.2, 0.25) is 0 Å². The quantitative estimate of drug-likeness (QED) is 0.317. The van der Waals surface area contributed by atoms with E-state index < -0.39 is 0 Å². The number of hydrogen-bond donors (Lipinski definition) is 2. The Labute approximate surface area is 221 Å². The lowest BCUT2D eigenvalue weighted by Crippen LogP contribution is -2.16. The van der Waals surface area contributed by atoms with Crippen LogP contribution in [0.4, 0.5) is 10.7 Å². The SMILES string of the molecule is COc1ccc(OC)c(NC(=O)c2c(NCc3ccc(OC)c(OC)c3OC)sc3c2CCCCC3)c1. The van der Waals surface area contributed by atoms with Crippen molar-refractivity contribution in [2.75, 3.05) is 46.2 Å². The van der Waals surface area contributed by atoms with E-state index in [0.29, 0.717) is 46.5 Å².